The summed E-state index contributed by atoms with van der Waals surface area (Å²) in [5, 5.41) is 0. The van der Waals surface area contributed by atoms with Crippen LogP contribution in [0.15, 0.2) is 82.8 Å². The quantitative estimate of drug-likeness (QED) is 0.588. The zero-order valence-electron chi connectivity index (χ0n) is 12.3. The van der Waals surface area contributed by atoms with E-state index in [2.05, 4.69) is 11.3 Å². The Balaban J connectivity index is 3.14. The molecule has 0 radical (unpaired) electrons. The minimum atomic E-state index is -4.01. The van der Waals surface area contributed by atoms with E-state index >= 15 is 0 Å². The van der Waals surface area contributed by atoms with Crippen LogP contribution >= 0.6 is 10.7 Å². The highest BCUT2D eigenvalue weighted by Gasteiger charge is 2.18. The molecule has 1 aromatic rings. The van der Waals surface area contributed by atoms with Crippen molar-refractivity contribution >= 4 is 29.8 Å². The van der Waals surface area contributed by atoms with Gasteiger partial charge < -0.3 is 0 Å². The van der Waals surface area contributed by atoms with Crippen LogP contribution in [0.2, 0.25) is 0 Å². The van der Waals surface area contributed by atoms with E-state index in [1.807, 2.05) is 13.0 Å². The number of rotatable bonds is 7. The lowest BCUT2D eigenvalue weighted by Gasteiger charge is -2.09. The lowest BCUT2D eigenvalue weighted by Crippen LogP contribution is -2.22. The Morgan fingerprint density at radius 1 is 1.13 bits per heavy atom. The molecule has 0 fully saturated rings. The van der Waals surface area contributed by atoms with Crippen LogP contribution in [-0.4, -0.2) is 16.8 Å². The molecule has 0 amide bonds. The molecule has 0 aliphatic carbocycles. The number of hydrogen-bond donors (Lipinski definition) is 1. The first-order chi connectivity index (χ1) is 10.7. The minimum absolute atomic E-state index is 0.218. The molecule has 0 aromatic heterocycles. The van der Waals surface area contributed by atoms with Crippen molar-refractivity contribution in [2.75, 3.05) is 0 Å². The Bertz CT molecular complexity index is 866. The van der Waals surface area contributed by atoms with Gasteiger partial charge in [-0.05, 0) is 37.3 Å². The molecule has 0 saturated carbocycles. The molecule has 0 unspecified atom stereocenters. The number of benzene rings is 1. The Morgan fingerprint density at radius 3 is 2.35 bits per heavy atom. The number of sulfonamides is 1. The average Bonchev–Trinajstić information content (AvgIpc) is 2.49. The van der Waals surface area contributed by atoms with E-state index in [1.54, 1.807) is 18.2 Å². The summed E-state index contributed by atoms with van der Waals surface area (Å²) in [7, 11) is -2.75. The summed E-state index contributed by atoms with van der Waals surface area (Å²) >= 11 is 0. The van der Waals surface area contributed by atoms with Crippen LogP contribution in [-0.2, 0) is 19.1 Å². The van der Waals surface area contributed by atoms with Crippen molar-refractivity contribution in [3.63, 3.8) is 0 Å². The normalized spacial score (nSPS) is 13.6. The minimum Gasteiger partial charge on any atom is -0.280 e. The molecule has 23 heavy (non-hydrogen) atoms. The van der Waals surface area contributed by atoms with Gasteiger partial charge in [-0.15, -0.1) is 0 Å². The average molecular weight is 374 g/mol. The largest absolute Gasteiger partial charge is 0.280 e. The summed E-state index contributed by atoms with van der Waals surface area (Å²) in [6, 6.07) is 4.77. The van der Waals surface area contributed by atoms with Crippen LogP contribution in [0.3, 0.4) is 0 Å². The second kappa shape index (κ2) is 8.14. The summed E-state index contributed by atoms with van der Waals surface area (Å²) < 4.78 is 49.5. The highest BCUT2D eigenvalue weighted by molar-refractivity contribution is 8.13. The molecule has 0 heterocycles. The van der Waals surface area contributed by atoms with E-state index in [1.165, 1.54) is 30.4 Å². The highest BCUT2D eigenvalue weighted by Crippen LogP contribution is 2.19. The zero-order valence-corrected chi connectivity index (χ0v) is 14.7. The fourth-order valence-corrected chi connectivity index (χ4v) is 3.48. The van der Waals surface area contributed by atoms with Gasteiger partial charge in [-0.2, -0.15) is 0 Å². The molecular formula is C15H16ClNO4S2. The first-order valence-corrected chi connectivity index (χ1v) is 10.2. The van der Waals surface area contributed by atoms with Crippen LogP contribution in [0, 0.1) is 0 Å². The maximum absolute atomic E-state index is 12.3. The third-order valence-electron chi connectivity index (χ3n) is 2.56. The van der Waals surface area contributed by atoms with Gasteiger partial charge in [0.2, 0.25) is 0 Å². The van der Waals surface area contributed by atoms with Gasteiger partial charge in [-0.3, -0.25) is 4.72 Å². The van der Waals surface area contributed by atoms with Gasteiger partial charge in [0.15, 0.2) is 0 Å². The Kier molecular flexibility index (Phi) is 6.80. The molecule has 0 aliphatic rings. The van der Waals surface area contributed by atoms with Crippen LogP contribution < -0.4 is 4.72 Å². The van der Waals surface area contributed by atoms with Crippen LogP contribution in [0.1, 0.15) is 6.92 Å². The molecule has 0 atom stereocenters. The first kappa shape index (κ1) is 19.2. The topological polar surface area (TPSA) is 80.3 Å². The van der Waals surface area contributed by atoms with Gasteiger partial charge in [0, 0.05) is 16.4 Å². The maximum Gasteiger partial charge on any atom is 0.261 e. The third-order valence-corrected chi connectivity index (χ3v) is 5.29. The molecule has 0 bridgehead atoms. The number of nitrogens with one attached hydrogen (secondary N) is 1. The predicted molar refractivity (Wildman–Crippen MR) is 92.0 cm³/mol. The van der Waals surface area contributed by atoms with E-state index < -0.39 is 19.1 Å². The van der Waals surface area contributed by atoms with E-state index in [0.29, 0.717) is 0 Å². The Hall–Kier alpha value is -1.83. The van der Waals surface area contributed by atoms with E-state index in [9.17, 15) is 16.8 Å². The summed E-state index contributed by atoms with van der Waals surface area (Å²) in [5.74, 6) is 0. The Morgan fingerprint density at radius 2 is 1.78 bits per heavy atom. The van der Waals surface area contributed by atoms with E-state index in [4.69, 9.17) is 10.7 Å². The molecule has 0 saturated heterocycles. The SMILES string of the molecule is C=C\C(=C/C=C\C=C/C)NS(=O)(=O)c1cccc(S(=O)(=O)Cl)c1. The lowest BCUT2D eigenvalue weighted by molar-refractivity contribution is 0.589. The fraction of sp³-hybridized carbons (Fsp3) is 0.0667. The lowest BCUT2D eigenvalue weighted by atomic mass is 10.3. The molecule has 5 nitrogen and oxygen atoms in total. The van der Waals surface area contributed by atoms with Crippen LogP contribution in [0.5, 0.6) is 0 Å². The molecule has 8 heteroatoms. The van der Waals surface area contributed by atoms with Crippen molar-refractivity contribution in [3.8, 4) is 0 Å². The molecule has 1 aromatic carbocycles. The Labute approximate surface area is 141 Å². The highest BCUT2D eigenvalue weighted by atomic mass is 35.7. The monoisotopic (exact) mass is 373 g/mol. The fourth-order valence-electron chi connectivity index (χ4n) is 1.49. The van der Waals surface area contributed by atoms with Crippen LogP contribution in [0.4, 0.5) is 0 Å². The maximum atomic E-state index is 12.3. The second-order valence-electron chi connectivity index (χ2n) is 4.26. The molecule has 0 spiro atoms. The van der Waals surface area contributed by atoms with Crippen molar-refractivity contribution in [3.05, 3.63) is 73.0 Å². The van der Waals surface area contributed by atoms with Crippen molar-refractivity contribution in [1.29, 1.82) is 0 Å². The summed E-state index contributed by atoms with van der Waals surface area (Å²) in [6.45, 7) is 5.38. The van der Waals surface area contributed by atoms with Gasteiger partial charge >= 0.3 is 0 Å². The van der Waals surface area contributed by atoms with Gasteiger partial charge in [0.05, 0.1) is 9.79 Å². The predicted octanol–water partition coefficient (Wildman–Crippen LogP) is 3.09. The summed E-state index contributed by atoms with van der Waals surface area (Å²) in [4.78, 5) is -0.511. The van der Waals surface area contributed by atoms with Crippen molar-refractivity contribution < 1.29 is 16.8 Å². The zero-order chi connectivity index (χ0) is 17.5. The standard InChI is InChI=1S/C15H16ClNO4S2/c1-3-5-6-7-9-13(4-2)17-23(20,21)15-11-8-10-14(12-15)22(16,18)19/h3-12,17H,2H2,1H3/b5-3-,7-6-,13-9+. The van der Waals surface area contributed by atoms with E-state index in [0.717, 1.165) is 6.07 Å². The van der Waals surface area contributed by atoms with Gasteiger partial charge in [0.1, 0.15) is 0 Å². The summed E-state index contributed by atoms with van der Waals surface area (Å²) in [6.07, 6.45) is 9.81. The van der Waals surface area contributed by atoms with Gasteiger partial charge in [-0.1, -0.05) is 36.9 Å². The number of allylic oxidation sites excluding steroid dienone is 6. The molecule has 1 rings (SSSR count). The van der Waals surface area contributed by atoms with Crippen molar-refractivity contribution in [2.24, 2.45) is 0 Å². The molecule has 124 valence electrons. The number of hydrogen-bond acceptors (Lipinski definition) is 4. The molecule has 1 N–H and O–H groups in total. The summed E-state index contributed by atoms with van der Waals surface area (Å²) in [5.41, 5.74) is 0.241. The molecule has 0 aliphatic heterocycles. The second-order valence-corrected chi connectivity index (χ2v) is 8.50. The van der Waals surface area contributed by atoms with Crippen molar-refractivity contribution in [1.82, 2.24) is 4.72 Å². The van der Waals surface area contributed by atoms with Crippen LogP contribution in [0.25, 0.3) is 0 Å². The third kappa shape index (κ3) is 6.05. The smallest absolute Gasteiger partial charge is 0.261 e. The molecular weight excluding hydrogens is 358 g/mol. The van der Waals surface area contributed by atoms with Gasteiger partial charge in [0.25, 0.3) is 19.1 Å². The first-order valence-electron chi connectivity index (χ1n) is 6.40. The van der Waals surface area contributed by atoms with Crippen molar-refractivity contribution in [2.45, 2.75) is 16.7 Å². The van der Waals surface area contributed by atoms with Gasteiger partial charge in [-0.25, -0.2) is 16.8 Å². The van der Waals surface area contributed by atoms with E-state index in [-0.39, 0.29) is 15.5 Å². The number of halogens is 1.